The van der Waals surface area contributed by atoms with Crippen LogP contribution in [0.5, 0.6) is 5.75 Å². The van der Waals surface area contributed by atoms with Gasteiger partial charge in [0, 0.05) is 21.5 Å². The molecule has 1 N–H and O–H groups in total. The zero-order valence-corrected chi connectivity index (χ0v) is 14.9. The van der Waals surface area contributed by atoms with Gasteiger partial charge in [0.15, 0.2) is 5.58 Å². The molecule has 0 bridgehead atoms. The summed E-state index contributed by atoms with van der Waals surface area (Å²) < 4.78 is 11.5. The Hall–Kier alpha value is -2.30. The number of fused-ring (bicyclic) bond motifs is 3. The SMILES string of the molecule is Cc1c(C)c2ccc3c(c2oc1=O)C[NH+](Cc1ccc(Cl)cc1)CO3. The van der Waals surface area contributed by atoms with Gasteiger partial charge >= 0.3 is 5.63 Å². The highest BCUT2D eigenvalue weighted by Crippen LogP contribution is 2.30. The zero-order chi connectivity index (χ0) is 17.6. The van der Waals surface area contributed by atoms with Crippen molar-refractivity contribution in [1.29, 1.82) is 0 Å². The van der Waals surface area contributed by atoms with Gasteiger partial charge < -0.3 is 9.15 Å². The number of ether oxygens (including phenoxy) is 1. The van der Waals surface area contributed by atoms with Gasteiger partial charge in [0.05, 0.1) is 5.56 Å². The molecule has 4 nitrogen and oxygen atoms in total. The molecule has 1 aliphatic rings. The molecule has 0 amide bonds. The zero-order valence-electron chi connectivity index (χ0n) is 14.2. The second-order valence-corrected chi connectivity index (χ2v) is 7.01. The lowest BCUT2D eigenvalue weighted by Gasteiger charge is -2.26. The normalized spacial score (nSPS) is 16.5. The number of hydrogen-bond acceptors (Lipinski definition) is 3. The van der Waals surface area contributed by atoms with Crippen molar-refractivity contribution in [2.75, 3.05) is 6.73 Å². The summed E-state index contributed by atoms with van der Waals surface area (Å²) in [6.07, 6.45) is 0. The maximum atomic E-state index is 12.1. The summed E-state index contributed by atoms with van der Waals surface area (Å²) in [5.74, 6) is 0.804. The summed E-state index contributed by atoms with van der Waals surface area (Å²) in [4.78, 5) is 13.4. The van der Waals surface area contributed by atoms with Crippen LogP contribution in [-0.4, -0.2) is 6.73 Å². The molecule has 25 heavy (non-hydrogen) atoms. The summed E-state index contributed by atoms with van der Waals surface area (Å²) in [6, 6.07) is 11.8. The number of hydrogen-bond donors (Lipinski definition) is 1. The Kier molecular flexibility index (Phi) is 4.02. The van der Waals surface area contributed by atoms with Crippen LogP contribution in [0.4, 0.5) is 0 Å². The van der Waals surface area contributed by atoms with Gasteiger partial charge in [0.1, 0.15) is 18.8 Å². The Morgan fingerprint density at radius 1 is 1.08 bits per heavy atom. The summed E-state index contributed by atoms with van der Waals surface area (Å²) in [6.45, 7) is 5.91. The first-order valence-electron chi connectivity index (χ1n) is 8.29. The van der Waals surface area contributed by atoms with Crippen molar-refractivity contribution < 1.29 is 14.1 Å². The molecule has 2 aromatic carbocycles. The van der Waals surface area contributed by atoms with E-state index in [1.54, 1.807) is 6.92 Å². The van der Waals surface area contributed by atoms with Crippen LogP contribution in [0, 0.1) is 13.8 Å². The topological polar surface area (TPSA) is 43.9 Å². The second kappa shape index (κ2) is 6.21. The van der Waals surface area contributed by atoms with E-state index < -0.39 is 0 Å². The third kappa shape index (κ3) is 2.92. The third-order valence-electron chi connectivity index (χ3n) is 4.91. The standard InChI is InChI=1S/C20H18ClNO3/c1-12-13(2)20(23)25-19-16(12)7-8-18-17(19)10-22(11-24-18)9-14-3-5-15(21)6-4-14/h3-8H,9-11H2,1-2H3/p+1. The van der Waals surface area contributed by atoms with Crippen molar-refractivity contribution in [3.05, 3.63) is 74.1 Å². The van der Waals surface area contributed by atoms with Crippen LogP contribution in [0.25, 0.3) is 11.0 Å². The first kappa shape index (κ1) is 16.2. The fraction of sp³-hybridized carbons (Fsp3) is 0.250. The molecule has 1 atom stereocenters. The molecule has 4 rings (SSSR count). The van der Waals surface area contributed by atoms with E-state index >= 15 is 0 Å². The molecule has 128 valence electrons. The summed E-state index contributed by atoms with van der Waals surface area (Å²) in [5, 5.41) is 1.71. The Morgan fingerprint density at radius 3 is 2.60 bits per heavy atom. The minimum absolute atomic E-state index is 0.275. The molecule has 2 heterocycles. The maximum Gasteiger partial charge on any atom is 0.339 e. The lowest BCUT2D eigenvalue weighted by atomic mass is 10.0. The number of benzene rings is 2. The van der Waals surface area contributed by atoms with Gasteiger partial charge in [-0.1, -0.05) is 23.7 Å². The monoisotopic (exact) mass is 356 g/mol. The largest absolute Gasteiger partial charge is 0.445 e. The molecular formula is C20H19ClNO3+. The number of nitrogens with one attached hydrogen (secondary N) is 1. The van der Waals surface area contributed by atoms with Crippen molar-refractivity contribution >= 4 is 22.6 Å². The first-order chi connectivity index (χ1) is 12.0. The van der Waals surface area contributed by atoms with Crippen LogP contribution < -0.4 is 15.3 Å². The van der Waals surface area contributed by atoms with Gasteiger partial charge in [0.25, 0.3) is 0 Å². The van der Waals surface area contributed by atoms with Crippen LogP contribution in [0.2, 0.25) is 5.02 Å². The third-order valence-corrected chi connectivity index (χ3v) is 5.16. The highest BCUT2D eigenvalue weighted by Gasteiger charge is 2.25. The predicted octanol–water partition coefficient (Wildman–Crippen LogP) is 3.00. The predicted molar refractivity (Wildman–Crippen MR) is 97.3 cm³/mol. The van der Waals surface area contributed by atoms with E-state index in [0.29, 0.717) is 17.9 Å². The van der Waals surface area contributed by atoms with Crippen LogP contribution >= 0.6 is 11.6 Å². The van der Waals surface area contributed by atoms with Crippen LogP contribution in [0.1, 0.15) is 22.3 Å². The molecule has 3 aromatic rings. The highest BCUT2D eigenvalue weighted by atomic mass is 35.5. The Balaban J connectivity index is 1.72. The lowest BCUT2D eigenvalue weighted by molar-refractivity contribution is -0.945. The fourth-order valence-electron chi connectivity index (χ4n) is 3.33. The molecule has 0 fully saturated rings. The molecule has 0 radical (unpaired) electrons. The summed E-state index contributed by atoms with van der Waals surface area (Å²) >= 11 is 5.96. The molecule has 0 aliphatic carbocycles. The van der Waals surface area contributed by atoms with Crippen molar-refractivity contribution in [3.63, 3.8) is 0 Å². The quantitative estimate of drug-likeness (QED) is 0.718. The van der Waals surface area contributed by atoms with E-state index in [1.807, 2.05) is 43.3 Å². The van der Waals surface area contributed by atoms with Gasteiger partial charge in [-0.3, -0.25) is 4.90 Å². The molecule has 0 spiro atoms. The van der Waals surface area contributed by atoms with Gasteiger partial charge in [0.2, 0.25) is 6.73 Å². The number of rotatable bonds is 2. The van der Waals surface area contributed by atoms with Gasteiger partial charge in [-0.25, -0.2) is 4.79 Å². The minimum atomic E-state index is -0.275. The molecule has 5 heteroatoms. The molecule has 1 aliphatic heterocycles. The van der Waals surface area contributed by atoms with Crippen molar-refractivity contribution in [3.8, 4) is 5.75 Å². The molecule has 0 saturated heterocycles. The van der Waals surface area contributed by atoms with Crippen LogP contribution in [0.3, 0.4) is 0 Å². The van der Waals surface area contributed by atoms with Crippen molar-refractivity contribution in [1.82, 2.24) is 0 Å². The minimum Gasteiger partial charge on any atom is -0.445 e. The van der Waals surface area contributed by atoms with Gasteiger partial charge in [-0.2, -0.15) is 0 Å². The number of halogens is 1. The van der Waals surface area contributed by atoms with E-state index in [0.717, 1.165) is 40.4 Å². The smallest absolute Gasteiger partial charge is 0.339 e. The average molecular weight is 357 g/mol. The van der Waals surface area contributed by atoms with Gasteiger partial charge in [-0.15, -0.1) is 0 Å². The van der Waals surface area contributed by atoms with Crippen LogP contribution in [-0.2, 0) is 13.1 Å². The number of aryl methyl sites for hydroxylation is 1. The molecule has 1 aromatic heterocycles. The molecule has 1 unspecified atom stereocenters. The summed E-state index contributed by atoms with van der Waals surface area (Å²) in [7, 11) is 0. The van der Waals surface area contributed by atoms with E-state index in [4.69, 9.17) is 20.8 Å². The van der Waals surface area contributed by atoms with E-state index in [2.05, 4.69) is 0 Å². The highest BCUT2D eigenvalue weighted by molar-refractivity contribution is 6.30. The van der Waals surface area contributed by atoms with E-state index in [1.165, 1.54) is 10.5 Å². The Labute approximate surface area is 150 Å². The van der Waals surface area contributed by atoms with Crippen molar-refractivity contribution in [2.24, 2.45) is 0 Å². The van der Waals surface area contributed by atoms with Crippen LogP contribution in [0.15, 0.2) is 45.6 Å². The Bertz CT molecular complexity index is 1010. The van der Waals surface area contributed by atoms with E-state index in [-0.39, 0.29) is 5.63 Å². The maximum absolute atomic E-state index is 12.1. The van der Waals surface area contributed by atoms with Crippen molar-refractivity contribution in [2.45, 2.75) is 26.9 Å². The molecular weight excluding hydrogens is 338 g/mol. The van der Waals surface area contributed by atoms with E-state index in [9.17, 15) is 4.79 Å². The second-order valence-electron chi connectivity index (χ2n) is 6.58. The number of quaternary nitrogens is 1. The van der Waals surface area contributed by atoms with Gasteiger partial charge in [-0.05, 0) is 43.7 Å². The fourth-order valence-corrected chi connectivity index (χ4v) is 3.46. The Morgan fingerprint density at radius 2 is 1.84 bits per heavy atom. The average Bonchev–Trinajstić information content (AvgIpc) is 2.62. The lowest BCUT2D eigenvalue weighted by Crippen LogP contribution is -3.10. The summed E-state index contributed by atoms with van der Waals surface area (Å²) in [5.41, 5.74) is 4.17. The first-order valence-corrected chi connectivity index (χ1v) is 8.67. The molecule has 0 saturated carbocycles.